The smallest absolute Gasteiger partial charge is 0.261 e. The molecule has 2 heterocycles. The molecule has 1 unspecified atom stereocenters. The molecule has 0 spiro atoms. The van der Waals surface area contributed by atoms with E-state index in [1.165, 1.54) is 5.56 Å². The number of benzene rings is 1. The van der Waals surface area contributed by atoms with Crippen LogP contribution in [0, 0.1) is 6.92 Å². The molecular weight excluding hydrogens is 326 g/mol. The van der Waals surface area contributed by atoms with Crippen molar-refractivity contribution in [3.05, 3.63) is 53.6 Å². The molecule has 0 amide bonds. The van der Waals surface area contributed by atoms with Crippen molar-refractivity contribution >= 4 is 12.4 Å². The highest BCUT2D eigenvalue weighted by Crippen LogP contribution is 2.22. The van der Waals surface area contributed by atoms with E-state index in [1.54, 1.807) is 6.20 Å². The summed E-state index contributed by atoms with van der Waals surface area (Å²) < 4.78 is 7.35. The van der Waals surface area contributed by atoms with E-state index in [0.29, 0.717) is 17.8 Å². The maximum Gasteiger partial charge on any atom is 0.261 e. The Balaban J connectivity index is 0.00000208. The molecule has 0 aliphatic heterocycles. The fourth-order valence-electron chi connectivity index (χ4n) is 2.39. The molecular formula is C17H22ClN5O. The van der Waals surface area contributed by atoms with E-state index in [0.717, 1.165) is 24.2 Å². The third-order valence-corrected chi connectivity index (χ3v) is 3.96. The maximum absolute atomic E-state index is 5.40. The Morgan fingerprint density at radius 3 is 2.71 bits per heavy atom. The highest BCUT2D eigenvalue weighted by atomic mass is 35.5. The van der Waals surface area contributed by atoms with Gasteiger partial charge in [0, 0.05) is 18.2 Å². The molecule has 3 rings (SSSR count). The van der Waals surface area contributed by atoms with Gasteiger partial charge in [-0.3, -0.25) is 4.68 Å². The summed E-state index contributed by atoms with van der Waals surface area (Å²) >= 11 is 0. The van der Waals surface area contributed by atoms with E-state index in [1.807, 2.05) is 36.9 Å². The third kappa shape index (κ3) is 4.01. The lowest BCUT2D eigenvalue weighted by molar-refractivity contribution is 0.418. The summed E-state index contributed by atoms with van der Waals surface area (Å²) in [5.74, 6) is 1.23. The Labute approximate surface area is 147 Å². The van der Waals surface area contributed by atoms with E-state index < -0.39 is 0 Å². The number of hydrogen-bond acceptors (Lipinski definition) is 5. The molecule has 6 nitrogen and oxygen atoms in total. The van der Waals surface area contributed by atoms with Crippen LogP contribution in [-0.2, 0) is 13.0 Å². The quantitative estimate of drug-likeness (QED) is 0.742. The highest BCUT2D eigenvalue weighted by Gasteiger charge is 2.16. The van der Waals surface area contributed by atoms with Crippen LogP contribution in [0.5, 0.6) is 0 Å². The van der Waals surface area contributed by atoms with Gasteiger partial charge in [-0.05, 0) is 26.5 Å². The third-order valence-electron chi connectivity index (χ3n) is 3.96. The number of nitrogens with zero attached hydrogens (tertiary/aromatic N) is 4. The van der Waals surface area contributed by atoms with Crippen LogP contribution in [0.15, 0.2) is 41.1 Å². The lowest BCUT2D eigenvalue weighted by Gasteiger charge is -2.05. The average Bonchev–Trinajstić information content (AvgIpc) is 3.16. The van der Waals surface area contributed by atoms with Crippen molar-refractivity contribution in [2.75, 3.05) is 7.05 Å². The topological polar surface area (TPSA) is 68.8 Å². The van der Waals surface area contributed by atoms with Crippen LogP contribution in [0.25, 0.3) is 11.5 Å². The van der Waals surface area contributed by atoms with Gasteiger partial charge in [0.2, 0.25) is 0 Å². The summed E-state index contributed by atoms with van der Waals surface area (Å²) in [7, 11) is 1.92. The lowest BCUT2D eigenvalue weighted by atomic mass is 10.2. The number of halogens is 1. The zero-order chi connectivity index (χ0) is 16.2. The van der Waals surface area contributed by atoms with Gasteiger partial charge in [0.15, 0.2) is 5.82 Å². The van der Waals surface area contributed by atoms with Crippen LogP contribution in [0.1, 0.15) is 24.0 Å². The van der Waals surface area contributed by atoms with Crippen LogP contribution in [0.3, 0.4) is 0 Å². The van der Waals surface area contributed by atoms with Crippen LogP contribution in [0.4, 0.5) is 0 Å². The van der Waals surface area contributed by atoms with Gasteiger partial charge in [-0.1, -0.05) is 35.5 Å². The summed E-state index contributed by atoms with van der Waals surface area (Å²) in [5, 5.41) is 11.7. The minimum atomic E-state index is 0. The minimum Gasteiger partial charge on any atom is -0.334 e. The SMILES string of the molecule is CNC(C)Cc1noc(-c2cnn(Cc3ccccc3)c2C)n1.Cl. The molecule has 0 fully saturated rings. The summed E-state index contributed by atoms with van der Waals surface area (Å²) in [6.45, 7) is 4.83. The molecule has 1 aromatic carbocycles. The van der Waals surface area contributed by atoms with Crippen molar-refractivity contribution in [3.63, 3.8) is 0 Å². The van der Waals surface area contributed by atoms with Crippen LogP contribution >= 0.6 is 12.4 Å². The molecule has 0 aliphatic rings. The van der Waals surface area contributed by atoms with E-state index in [4.69, 9.17) is 4.52 Å². The first kappa shape index (κ1) is 18.2. The predicted molar refractivity (Wildman–Crippen MR) is 95.3 cm³/mol. The molecule has 7 heteroatoms. The first-order valence-electron chi connectivity index (χ1n) is 7.74. The van der Waals surface area contributed by atoms with E-state index in [2.05, 4.69) is 39.6 Å². The largest absolute Gasteiger partial charge is 0.334 e. The predicted octanol–water partition coefficient (Wildman–Crippen LogP) is 2.86. The van der Waals surface area contributed by atoms with Gasteiger partial charge >= 0.3 is 0 Å². The Hall–Kier alpha value is -2.18. The molecule has 24 heavy (non-hydrogen) atoms. The second-order valence-electron chi connectivity index (χ2n) is 5.70. The Morgan fingerprint density at radius 2 is 2.00 bits per heavy atom. The molecule has 0 radical (unpaired) electrons. The summed E-state index contributed by atoms with van der Waals surface area (Å²) in [5.41, 5.74) is 3.11. The van der Waals surface area contributed by atoms with E-state index >= 15 is 0 Å². The molecule has 3 aromatic rings. The molecule has 1 N–H and O–H groups in total. The van der Waals surface area contributed by atoms with Crippen molar-refractivity contribution in [3.8, 4) is 11.5 Å². The number of rotatable bonds is 6. The van der Waals surface area contributed by atoms with Crippen molar-refractivity contribution in [1.82, 2.24) is 25.2 Å². The highest BCUT2D eigenvalue weighted by molar-refractivity contribution is 5.85. The fraction of sp³-hybridized carbons (Fsp3) is 0.353. The standard InChI is InChI=1S/C17H21N5O.ClH/c1-12(18-3)9-16-20-17(23-21-16)15-10-19-22(13(15)2)11-14-7-5-4-6-8-14;/h4-8,10,12,18H,9,11H2,1-3H3;1H. The summed E-state index contributed by atoms with van der Waals surface area (Å²) in [4.78, 5) is 4.48. The van der Waals surface area contributed by atoms with E-state index in [9.17, 15) is 0 Å². The van der Waals surface area contributed by atoms with Crippen molar-refractivity contribution in [2.24, 2.45) is 0 Å². The zero-order valence-corrected chi connectivity index (χ0v) is 14.9. The van der Waals surface area contributed by atoms with Gasteiger partial charge < -0.3 is 9.84 Å². The molecule has 0 saturated carbocycles. The van der Waals surface area contributed by atoms with Crippen molar-refractivity contribution < 1.29 is 4.52 Å². The molecule has 0 aliphatic carbocycles. The second kappa shape index (κ2) is 8.08. The fourth-order valence-corrected chi connectivity index (χ4v) is 2.39. The Kier molecular flexibility index (Phi) is 6.11. The number of likely N-dealkylation sites (N-methyl/N-ethyl adjacent to an activating group) is 1. The summed E-state index contributed by atoms with van der Waals surface area (Å²) in [6, 6.07) is 10.6. The van der Waals surface area contributed by atoms with Gasteiger partial charge in [0.25, 0.3) is 5.89 Å². The Morgan fingerprint density at radius 1 is 1.25 bits per heavy atom. The first-order chi connectivity index (χ1) is 11.2. The van der Waals surface area contributed by atoms with E-state index in [-0.39, 0.29) is 12.4 Å². The average molecular weight is 348 g/mol. The van der Waals surface area contributed by atoms with Crippen LogP contribution in [0.2, 0.25) is 0 Å². The monoisotopic (exact) mass is 347 g/mol. The molecule has 2 aromatic heterocycles. The minimum absolute atomic E-state index is 0. The van der Waals surface area contributed by atoms with Gasteiger partial charge in [-0.2, -0.15) is 10.1 Å². The molecule has 0 bridgehead atoms. The van der Waals surface area contributed by atoms with Crippen molar-refractivity contribution in [2.45, 2.75) is 32.9 Å². The van der Waals surface area contributed by atoms with Crippen molar-refractivity contribution in [1.29, 1.82) is 0 Å². The van der Waals surface area contributed by atoms with Gasteiger partial charge in [0.05, 0.1) is 18.3 Å². The van der Waals surface area contributed by atoms with Crippen LogP contribution < -0.4 is 5.32 Å². The number of hydrogen-bond donors (Lipinski definition) is 1. The lowest BCUT2D eigenvalue weighted by Crippen LogP contribution is -2.24. The van der Waals surface area contributed by atoms with Gasteiger partial charge in [0.1, 0.15) is 0 Å². The van der Waals surface area contributed by atoms with Gasteiger partial charge in [-0.25, -0.2) is 0 Å². The molecule has 128 valence electrons. The normalized spacial score (nSPS) is 12.0. The number of aromatic nitrogens is 4. The molecule has 1 atom stereocenters. The van der Waals surface area contributed by atoms with Gasteiger partial charge in [-0.15, -0.1) is 12.4 Å². The molecule has 0 saturated heterocycles. The Bertz CT molecular complexity index is 768. The summed E-state index contributed by atoms with van der Waals surface area (Å²) in [6.07, 6.45) is 2.52. The second-order valence-corrected chi connectivity index (χ2v) is 5.70. The number of nitrogens with one attached hydrogen (secondary N) is 1. The first-order valence-corrected chi connectivity index (χ1v) is 7.74. The van der Waals surface area contributed by atoms with Crippen LogP contribution in [-0.4, -0.2) is 33.0 Å². The maximum atomic E-state index is 5.40. The zero-order valence-electron chi connectivity index (χ0n) is 14.1.